The third-order valence-corrected chi connectivity index (χ3v) is 5.16. The average molecular weight is 429 g/mol. The van der Waals surface area contributed by atoms with Crippen molar-refractivity contribution in [2.45, 2.75) is 38.2 Å². The van der Waals surface area contributed by atoms with Crippen molar-refractivity contribution in [1.82, 2.24) is 4.90 Å². The molecule has 1 heterocycles. The lowest BCUT2D eigenvalue weighted by atomic mass is 10.1. The van der Waals surface area contributed by atoms with Crippen LogP contribution in [0.15, 0.2) is 71.1 Å². The summed E-state index contributed by atoms with van der Waals surface area (Å²) in [5, 5.41) is 0. The smallest absolute Gasteiger partial charge is 0.417 e. The molecule has 1 fully saturated rings. The predicted octanol–water partition coefficient (Wildman–Crippen LogP) is 5.67. The molecule has 0 spiro atoms. The normalized spacial score (nSPS) is 14.1. The number of nitrogens with zero attached hydrogens (tertiary/aromatic N) is 1. The molecule has 0 atom stereocenters. The van der Waals surface area contributed by atoms with Gasteiger partial charge in [-0.2, -0.15) is 13.2 Å². The predicted molar refractivity (Wildman–Crippen MR) is 109 cm³/mol. The number of furan rings is 1. The summed E-state index contributed by atoms with van der Waals surface area (Å²) in [6.07, 6.45) is -2.53. The van der Waals surface area contributed by atoms with E-state index >= 15 is 0 Å². The highest BCUT2D eigenvalue weighted by molar-refractivity contribution is 5.71. The van der Waals surface area contributed by atoms with Gasteiger partial charge in [-0.05, 0) is 36.6 Å². The summed E-state index contributed by atoms with van der Waals surface area (Å²) in [5.41, 5.74) is 0.175. The number of carbonyl (C=O) groups is 1. The first-order valence-corrected chi connectivity index (χ1v) is 10.1. The number of benzene rings is 2. The average Bonchev–Trinajstić information content (AvgIpc) is 3.51. The van der Waals surface area contributed by atoms with Gasteiger partial charge in [-0.1, -0.05) is 48.5 Å². The number of hydrogen-bond donors (Lipinski definition) is 0. The number of esters is 1. The molecule has 0 unspecified atom stereocenters. The van der Waals surface area contributed by atoms with Gasteiger partial charge in [0.25, 0.3) is 0 Å². The van der Waals surface area contributed by atoms with Crippen molar-refractivity contribution in [3.8, 4) is 11.3 Å². The Kier molecular flexibility index (Phi) is 6.13. The van der Waals surface area contributed by atoms with Gasteiger partial charge in [0, 0.05) is 11.6 Å². The van der Waals surface area contributed by atoms with Crippen molar-refractivity contribution in [2.75, 3.05) is 6.54 Å². The lowest BCUT2D eigenvalue weighted by Gasteiger charge is -2.19. The Morgan fingerprint density at radius 2 is 1.71 bits per heavy atom. The number of ether oxygens (including phenoxy) is 1. The first kappa shape index (κ1) is 21.2. The molecule has 0 N–H and O–H groups in total. The van der Waals surface area contributed by atoms with E-state index in [0.29, 0.717) is 12.3 Å². The van der Waals surface area contributed by atoms with Crippen LogP contribution in [0.5, 0.6) is 0 Å². The van der Waals surface area contributed by atoms with Crippen molar-refractivity contribution >= 4 is 5.97 Å². The lowest BCUT2D eigenvalue weighted by Crippen LogP contribution is -2.32. The number of rotatable bonds is 8. The number of carbonyl (C=O) groups excluding carboxylic acids is 1. The molecule has 2 aromatic carbocycles. The van der Waals surface area contributed by atoms with Crippen molar-refractivity contribution in [3.05, 3.63) is 83.6 Å². The van der Waals surface area contributed by atoms with Gasteiger partial charge in [0.2, 0.25) is 0 Å². The second kappa shape index (κ2) is 8.98. The summed E-state index contributed by atoms with van der Waals surface area (Å²) in [5.74, 6) is 0.324. The van der Waals surface area contributed by atoms with E-state index in [9.17, 15) is 18.0 Å². The maximum atomic E-state index is 13.3. The fourth-order valence-electron chi connectivity index (χ4n) is 3.46. The van der Waals surface area contributed by atoms with E-state index in [1.165, 1.54) is 12.1 Å². The van der Waals surface area contributed by atoms with Crippen LogP contribution in [-0.4, -0.2) is 23.5 Å². The molecule has 4 nitrogen and oxygen atoms in total. The fraction of sp³-hybridized carbons (Fsp3) is 0.292. The van der Waals surface area contributed by atoms with Gasteiger partial charge >= 0.3 is 12.1 Å². The largest absolute Gasteiger partial charge is 0.460 e. The van der Waals surface area contributed by atoms with E-state index in [0.717, 1.165) is 24.5 Å². The van der Waals surface area contributed by atoms with E-state index < -0.39 is 11.7 Å². The molecule has 162 valence electrons. The number of alkyl halides is 3. The molecule has 0 aliphatic heterocycles. The Bertz CT molecular complexity index is 1030. The van der Waals surface area contributed by atoms with E-state index in [1.807, 2.05) is 35.2 Å². The molecule has 0 bridgehead atoms. The van der Waals surface area contributed by atoms with Crippen LogP contribution < -0.4 is 0 Å². The minimum Gasteiger partial charge on any atom is -0.460 e. The summed E-state index contributed by atoms with van der Waals surface area (Å²) in [6.45, 7) is 0.642. The molecule has 0 saturated heterocycles. The maximum Gasteiger partial charge on any atom is 0.417 e. The highest BCUT2D eigenvalue weighted by Crippen LogP contribution is 2.38. The van der Waals surface area contributed by atoms with Crippen LogP contribution in [-0.2, 0) is 28.9 Å². The monoisotopic (exact) mass is 429 g/mol. The summed E-state index contributed by atoms with van der Waals surface area (Å²) in [7, 11) is 0. The molecule has 0 amide bonds. The lowest BCUT2D eigenvalue weighted by molar-refractivity contribution is -0.146. The number of hydrogen-bond acceptors (Lipinski definition) is 4. The van der Waals surface area contributed by atoms with Gasteiger partial charge in [-0.3, -0.25) is 9.69 Å². The van der Waals surface area contributed by atoms with Crippen LogP contribution in [0.3, 0.4) is 0 Å². The highest BCUT2D eigenvalue weighted by atomic mass is 19.4. The van der Waals surface area contributed by atoms with Crippen LogP contribution in [0.25, 0.3) is 11.3 Å². The zero-order valence-electron chi connectivity index (χ0n) is 16.8. The van der Waals surface area contributed by atoms with Gasteiger partial charge < -0.3 is 9.15 Å². The molecule has 1 aliphatic rings. The molecule has 3 aromatic rings. The molecule has 1 aromatic heterocycles. The van der Waals surface area contributed by atoms with Crippen LogP contribution in [0.4, 0.5) is 13.2 Å². The SMILES string of the molecule is O=C(CN(Cc1ccc(-c2ccccc2C(F)(F)F)o1)C1CC1)OCc1ccccc1. The molecule has 7 heteroatoms. The molecular formula is C24H22F3NO3. The van der Waals surface area contributed by atoms with Gasteiger partial charge in [0.15, 0.2) is 0 Å². The molecule has 31 heavy (non-hydrogen) atoms. The van der Waals surface area contributed by atoms with Gasteiger partial charge in [-0.15, -0.1) is 0 Å². The number of halogens is 3. The summed E-state index contributed by atoms with van der Waals surface area (Å²) < 4.78 is 51.0. The first-order valence-electron chi connectivity index (χ1n) is 10.1. The third kappa shape index (κ3) is 5.55. The van der Waals surface area contributed by atoms with Crippen LogP contribution in [0.2, 0.25) is 0 Å². The van der Waals surface area contributed by atoms with E-state index in [1.54, 1.807) is 18.2 Å². The van der Waals surface area contributed by atoms with Crippen LogP contribution in [0, 0.1) is 0 Å². The second-order valence-electron chi connectivity index (χ2n) is 7.59. The van der Waals surface area contributed by atoms with Gasteiger partial charge in [-0.25, -0.2) is 0 Å². The zero-order chi connectivity index (χ0) is 21.8. The maximum absolute atomic E-state index is 13.3. The molecule has 4 rings (SSSR count). The van der Waals surface area contributed by atoms with E-state index in [2.05, 4.69) is 0 Å². The standard InChI is InChI=1S/C24H22F3NO3/c25-24(26,27)21-9-5-4-8-20(21)22-13-12-19(31-22)14-28(18-10-11-18)15-23(29)30-16-17-6-2-1-3-7-17/h1-9,12-13,18H,10-11,14-16H2. The summed E-state index contributed by atoms with van der Waals surface area (Å²) in [4.78, 5) is 14.3. The molecule has 0 radical (unpaired) electrons. The van der Waals surface area contributed by atoms with Gasteiger partial charge in [0.1, 0.15) is 18.1 Å². The summed E-state index contributed by atoms with van der Waals surface area (Å²) >= 11 is 0. The minimum atomic E-state index is -4.47. The fourth-order valence-corrected chi connectivity index (χ4v) is 3.46. The van der Waals surface area contributed by atoms with Crippen molar-refractivity contribution in [2.24, 2.45) is 0 Å². The first-order chi connectivity index (χ1) is 14.9. The molecular weight excluding hydrogens is 407 g/mol. The quantitative estimate of drug-likeness (QED) is 0.433. The van der Waals surface area contributed by atoms with Crippen molar-refractivity contribution < 1.29 is 27.1 Å². The Balaban J connectivity index is 1.41. The Hall–Kier alpha value is -3.06. The third-order valence-electron chi connectivity index (χ3n) is 5.16. The van der Waals surface area contributed by atoms with Crippen LogP contribution >= 0.6 is 0 Å². The van der Waals surface area contributed by atoms with Crippen LogP contribution in [0.1, 0.15) is 29.7 Å². The topological polar surface area (TPSA) is 42.7 Å². The Morgan fingerprint density at radius 3 is 2.42 bits per heavy atom. The van der Waals surface area contributed by atoms with Crippen molar-refractivity contribution in [3.63, 3.8) is 0 Å². The Morgan fingerprint density at radius 1 is 1.00 bits per heavy atom. The summed E-state index contributed by atoms with van der Waals surface area (Å²) in [6, 6.07) is 18.2. The van der Waals surface area contributed by atoms with Crippen molar-refractivity contribution in [1.29, 1.82) is 0 Å². The van der Waals surface area contributed by atoms with E-state index in [-0.39, 0.29) is 36.5 Å². The highest BCUT2D eigenvalue weighted by Gasteiger charge is 2.34. The minimum absolute atomic E-state index is 0.00138. The van der Waals surface area contributed by atoms with E-state index in [4.69, 9.17) is 9.15 Å². The second-order valence-corrected chi connectivity index (χ2v) is 7.59. The zero-order valence-corrected chi connectivity index (χ0v) is 16.8. The van der Waals surface area contributed by atoms with Gasteiger partial charge in [0.05, 0.1) is 18.7 Å². The molecule has 1 saturated carbocycles. The Labute approximate surface area is 178 Å². The molecule has 1 aliphatic carbocycles.